The van der Waals surface area contributed by atoms with Gasteiger partial charge >= 0.3 is 5.76 Å². The molecule has 0 aliphatic rings. The molecule has 3 aromatic rings. The molecule has 0 saturated carbocycles. The number of aryl methyl sites for hydroxylation is 1. The van der Waals surface area contributed by atoms with Gasteiger partial charge in [0.2, 0.25) is 30.0 Å². The largest absolute Gasteiger partial charge is 0.434 e. The van der Waals surface area contributed by atoms with Gasteiger partial charge in [0.25, 0.3) is 0 Å². The zero-order valence-electron chi connectivity index (χ0n) is 16.2. The van der Waals surface area contributed by atoms with Crippen molar-refractivity contribution >= 4 is 0 Å². The SMILES string of the molecule is CC(C)c1n[nH]c(=O)o1.CC(C)c1nnco1.Cc1nnc(C(C)C)o1. The van der Waals surface area contributed by atoms with Gasteiger partial charge in [0.15, 0.2) is 0 Å². The Hall–Kier alpha value is -2.78. The van der Waals surface area contributed by atoms with Gasteiger partial charge in [-0.25, -0.2) is 9.89 Å². The molecule has 0 aliphatic heterocycles. The Morgan fingerprint density at radius 2 is 1.46 bits per heavy atom. The number of hydrogen-bond acceptors (Lipinski definition) is 9. The lowest BCUT2D eigenvalue weighted by atomic mass is 10.2. The molecule has 26 heavy (non-hydrogen) atoms. The van der Waals surface area contributed by atoms with Crippen molar-refractivity contribution in [3.63, 3.8) is 0 Å². The van der Waals surface area contributed by atoms with Crippen LogP contribution in [0.25, 0.3) is 0 Å². The summed E-state index contributed by atoms with van der Waals surface area (Å²) in [6.45, 7) is 13.7. The molecule has 10 nitrogen and oxygen atoms in total. The Morgan fingerprint density at radius 3 is 1.69 bits per heavy atom. The van der Waals surface area contributed by atoms with Gasteiger partial charge < -0.3 is 13.3 Å². The van der Waals surface area contributed by atoms with Crippen LogP contribution >= 0.6 is 0 Å². The van der Waals surface area contributed by atoms with Gasteiger partial charge in [-0.05, 0) is 0 Å². The van der Waals surface area contributed by atoms with Crippen LogP contribution in [0.3, 0.4) is 0 Å². The first-order chi connectivity index (χ1) is 12.2. The van der Waals surface area contributed by atoms with E-state index in [-0.39, 0.29) is 5.92 Å². The summed E-state index contributed by atoms with van der Waals surface area (Å²) in [5.74, 6) is 2.88. The summed E-state index contributed by atoms with van der Waals surface area (Å²) in [6, 6.07) is 0. The summed E-state index contributed by atoms with van der Waals surface area (Å²) >= 11 is 0. The molecule has 3 aromatic heterocycles. The van der Waals surface area contributed by atoms with Crippen LogP contribution in [0.4, 0.5) is 0 Å². The highest BCUT2D eigenvalue weighted by molar-refractivity contribution is 4.84. The Kier molecular flexibility index (Phi) is 8.40. The second-order valence-electron chi connectivity index (χ2n) is 6.35. The van der Waals surface area contributed by atoms with E-state index in [0.717, 1.165) is 0 Å². The fourth-order valence-electron chi connectivity index (χ4n) is 1.47. The fourth-order valence-corrected chi connectivity index (χ4v) is 1.47. The maximum Gasteiger partial charge on any atom is 0.434 e. The molecule has 10 heteroatoms. The van der Waals surface area contributed by atoms with E-state index in [4.69, 9.17) is 8.83 Å². The first-order valence-electron chi connectivity index (χ1n) is 8.32. The first kappa shape index (κ1) is 21.3. The third-order valence-corrected chi connectivity index (χ3v) is 2.85. The van der Waals surface area contributed by atoms with Crippen molar-refractivity contribution < 1.29 is 13.3 Å². The number of nitrogens with zero attached hydrogens (tertiary/aromatic N) is 5. The van der Waals surface area contributed by atoms with E-state index >= 15 is 0 Å². The van der Waals surface area contributed by atoms with Crippen LogP contribution < -0.4 is 5.76 Å². The van der Waals surface area contributed by atoms with Crippen LogP contribution in [0, 0.1) is 6.92 Å². The zero-order valence-corrected chi connectivity index (χ0v) is 16.2. The van der Waals surface area contributed by atoms with Crippen molar-refractivity contribution in [2.24, 2.45) is 0 Å². The maximum absolute atomic E-state index is 10.3. The predicted octanol–water partition coefficient (Wildman–Crippen LogP) is 3.18. The van der Waals surface area contributed by atoms with Crippen LogP contribution in [-0.4, -0.2) is 30.6 Å². The van der Waals surface area contributed by atoms with Crippen molar-refractivity contribution in [1.29, 1.82) is 0 Å². The van der Waals surface area contributed by atoms with Gasteiger partial charge in [0.1, 0.15) is 0 Å². The molecular weight excluding hydrogens is 340 g/mol. The average molecular weight is 366 g/mol. The van der Waals surface area contributed by atoms with E-state index < -0.39 is 5.76 Å². The summed E-state index contributed by atoms with van der Waals surface area (Å²) in [5.41, 5.74) is 0. The minimum Gasteiger partial charge on any atom is -0.428 e. The summed E-state index contributed by atoms with van der Waals surface area (Å²) in [4.78, 5) is 10.3. The predicted molar refractivity (Wildman–Crippen MR) is 92.7 cm³/mol. The minimum atomic E-state index is -0.487. The van der Waals surface area contributed by atoms with Gasteiger partial charge in [-0.1, -0.05) is 41.5 Å². The van der Waals surface area contributed by atoms with Crippen LogP contribution in [0.2, 0.25) is 0 Å². The Balaban J connectivity index is 0.000000195. The molecular formula is C16H26N6O4. The maximum atomic E-state index is 10.3. The Labute approximate surface area is 151 Å². The number of hydrogen-bond donors (Lipinski definition) is 1. The molecule has 0 amide bonds. The smallest absolute Gasteiger partial charge is 0.428 e. The van der Waals surface area contributed by atoms with E-state index in [9.17, 15) is 4.79 Å². The van der Waals surface area contributed by atoms with Crippen LogP contribution in [0.15, 0.2) is 24.4 Å². The zero-order chi connectivity index (χ0) is 19.7. The van der Waals surface area contributed by atoms with E-state index in [1.54, 1.807) is 6.92 Å². The third-order valence-electron chi connectivity index (χ3n) is 2.85. The molecule has 0 spiro atoms. The van der Waals surface area contributed by atoms with Gasteiger partial charge in [0, 0.05) is 24.7 Å². The Morgan fingerprint density at radius 1 is 0.846 bits per heavy atom. The van der Waals surface area contributed by atoms with Crippen molar-refractivity contribution in [3.05, 3.63) is 40.5 Å². The van der Waals surface area contributed by atoms with Crippen molar-refractivity contribution in [3.8, 4) is 0 Å². The normalized spacial score (nSPS) is 10.5. The molecule has 0 bridgehead atoms. The second kappa shape index (κ2) is 10.3. The van der Waals surface area contributed by atoms with E-state index in [1.807, 2.05) is 41.5 Å². The highest BCUT2D eigenvalue weighted by Crippen LogP contribution is 2.10. The molecule has 1 N–H and O–H groups in total. The average Bonchev–Trinajstić information content (AvgIpc) is 3.28. The topological polar surface area (TPSA) is 137 Å². The molecule has 0 aliphatic carbocycles. The number of rotatable bonds is 3. The summed E-state index contributed by atoms with van der Waals surface area (Å²) in [7, 11) is 0. The van der Waals surface area contributed by atoms with E-state index in [2.05, 4.69) is 35.0 Å². The van der Waals surface area contributed by atoms with Gasteiger partial charge in [-0.3, -0.25) is 0 Å². The molecule has 3 heterocycles. The number of nitrogens with one attached hydrogen (secondary N) is 1. The molecule has 0 unspecified atom stereocenters. The lowest BCUT2D eigenvalue weighted by Crippen LogP contribution is -1.93. The number of aromatic nitrogens is 6. The summed E-state index contributed by atoms with van der Waals surface area (Å²) < 4.78 is 14.6. The highest BCUT2D eigenvalue weighted by atomic mass is 16.4. The Bertz CT molecular complexity index is 786. The molecule has 0 aromatic carbocycles. The number of aromatic amines is 1. The van der Waals surface area contributed by atoms with Crippen molar-refractivity contribution in [1.82, 2.24) is 30.6 Å². The molecule has 0 radical (unpaired) electrons. The second-order valence-corrected chi connectivity index (χ2v) is 6.35. The van der Waals surface area contributed by atoms with Crippen LogP contribution in [-0.2, 0) is 0 Å². The molecule has 0 fully saturated rings. The minimum absolute atomic E-state index is 0.170. The quantitative estimate of drug-likeness (QED) is 0.740. The van der Waals surface area contributed by atoms with Crippen LogP contribution in [0.1, 0.15) is 82.9 Å². The monoisotopic (exact) mass is 366 g/mol. The van der Waals surface area contributed by atoms with Gasteiger partial charge in [-0.2, -0.15) is 0 Å². The van der Waals surface area contributed by atoms with Gasteiger partial charge in [0.05, 0.1) is 0 Å². The lowest BCUT2D eigenvalue weighted by Gasteiger charge is -1.92. The summed E-state index contributed by atoms with van der Waals surface area (Å²) in [5, 5.41) is 20.5. The molecule has 0 saturated heterocycles. The molecule has 3 rings (SSSR count). The van der Waals surface area contributed by atoms with E-state index in [1.165, 1.54) is 6.39 Å². The molecule has 144 valence electrons. The third kappa shape index (κ3) is 7.41. The van der Waals surface area contributed by atoms with Crippen LogP contribution in [0.5, 0.6) is 0 Å². The number of H-pyrrole nitrogens is 1. The van der Waals surface area contributed by atoms with Crippen molar-refractivity contribution in [2.45, 2.75) is 66.2 Å². The summed E-state index contributed by atoms with van der Waals surface area (Å²) in [6.07, 6.45) is 1.34. The van der Waals surface area contributed by atoms with E-state index in [0.29, 0.717) is 35.4 Å². The standard InChI is InChI=1S/C6H10N2O.C5H8N2O2.C5H8N2O/c1-4(2)6-8-7-5(3)9-6;1-3(2)4-6-7-5(8)9-4;1-4(2)5-7-6-3-8-5/h4H,1-3H3;3H,1-2H3,(H,7,8);3-4H,1-2H3. The van der Waals surface area contributed by atoms with Crippen molar-refractivity contribution in [2.75, 3.05) is 0 Å². The fraction of sp³-hybridized carbons (Fsp3) is 0.625. The first-order valence-corrected chi connectivity index (χ1v) is 8.32. The lowest BCUT2D eigenvalue weighted by molar-refractivity contribution is 0.442. The highest BCUT2D eigenvalue weighted by Gasteiger charge is 2.05. The molecule has 0 atom stereocenters. The van der Waals surface area contributed by atoms with Gasteiger partial charge in [-0.15, -0.1) is 25.5 Å².